The first kappa shape index (κ1) is 18.0. The standard InChI is InChI=1S/C26H18N2O2/c1-15-6-8-16(9-7-15)24-20-5-3-2-4-19(20)17(14-27)12-22-25(29)21-13-18(28)10-11-23(21)30-26(22)24/h2-13,24H,28H2,1H3. The van der Waals surface area contributed by atoms with E-state index in [1.54, 1.807) is 24.3 Å². The highest BCUT2D eigenvalue weighted by Crippen LogP contribution is 2.41. The number of hydrogen-bond donors (Lipinski definition) is 1. The normalized spacial score (nSPS) is 14.9. The molecule has 0 aliphatic heterocycles. The second kappa shape index (κ2) is 6.75. The van der Waals surface area contributed by atoms with E-state index in [2.05, 4.69) is 6.07 Å². The molecule has 5 rings (SSSR count). The Hall–Kier alpha value is -4.10. The molecule has 0 saturated carbocycles. The molecule has 2 N–H and O–H groups in total. The molecule has 30 heavy (non-hydrogen) atoms. The van der Waals surface area contributed by atoms with Gasteiger partial charge in [0.2, 0.25) is 0 Å². The van der Waals surface area contributed by atoms with Crippen LogP contribution < -0.4 is 11.2 Å². The Morgan fingerprint density at radius 2 is 1.80 bits per heavy atom. The van der Waals surface area contributed by atoms with Crippen LogP contribution in [0.25, 0.3) is 22.6 Å². The number of allylic oxidation sites excluding steroid dienone is 1. The molecule has 0 radical (unpaired) electrons. The first-order chi connectivity index (χ1) is 14.6. The highest BCUT2D eigenvalue weighted by atomic mass is 16.3. The molecule has 3 aromatic carbocycles. The summed E-state index contributed by atoms with van der Waals surface area (Å²) in [5.74, 6) is 0.229. The minimum Gasteiger partial charge on any atom is -0.459 e. The first-order valence-electron chi connectivity index (χ1n) is 9.70. The van der Waals surface area contributed by atoms with E-state index in [4.69, 9.17) is 10.2 Å². The average Bonchev–Trinajstić information content (AvgIpc) is 2.90. The average molecular weight is 390 g/mol. The zero-order valence-corrected chi connectivity index (χ0v) is 16.3. The van der Waals surface area contributed by atoms with Gasteiger partial charge in [-0.1, -0.05) is 54.1 Å². The van der Waals surface area contributed by atoms with Crippen molar-refractivity contribution in [2.75, 3.05) is 5.73 Å². The van der Waals surface area contributed by atoms with E-state index in [0.717, 1.165) is 22.3 Å². The third kappa shape index (κ3) is 2.72. The van der Waals surface area contributed by atoms with Gasteiger partial charge in [0.1, 0.15) is 11.3 Å². The quantitative estimate of drug-likeness (QED) is 0.451. The molecule has 4 nitrogen and oxygen atoms in total. The molecule has 1 aliphatic carbocycles. The van der Waals surface area contributed by atoms with Crippen molar-refractivity contribution in [2.24, 2.45) is 0 Å². The van der Waals surface area contributed by atoms with Crippen molar-refractivity contribution in [1.82, 2.24) is 0 Å². The minimum atomic E-state index is -0.312. The highest BCUT2D eigenvalue weighted by Gasteiger charge is 2.30. The third-order valence-electron chi connectivity index (χ3n) is 5.62. The van der Waals surface area contributed by atoms with Crippen LogP contribution in [0.5, 0.6) is 0 Å². The largest absolute Gasteiger partial charge is 0.459 e. The lowest BCUT2D eigenvalue weighted by molar-refractivity contribution is 0.527. The third-order valence-corrected chi connectivity index (χ3v) is 5.62. The fourth-order valence-corrected chi connectivity index (χ4v) is 4.14. The van der Waals surface area contributed by atoms with Crippen molar-refractivity contribution in [3.63, 3.8) is 0 Å². The number of rotatable bonds is 1. The van der Waals surface area contributed by atoms with Crippen LogP contribution in [0.3, 0.4) is 0 Å². The van der Waals surface area contributed by atoms with Gasteiger partial charge in [-0.25, -0.2) is 0 Å². The maximum Gasteiger partial charge on any atom is 0.200 e. The second-order valence-corrected chi connectivity index (χ2v) is 7.57. The molecule has 1 aliphatic rings. The molecular weight excluding hydrogens is 372 g/mol. The minimum absolute atomic E-state index is 0.184. The van der Waals surface area contributed by atoms with Gasteiger partial charge in [0.15, 0.2) is 5.43 Å². The smallest absolute Gasteiger partial charge is 0.200 e. The summed E-state index contributed by atoms with van der Waals surface area (Å²) in [5.41, 5.74) is 11.4. The topological polar surface area (TPSA) is 80.0 Å². The number of nitriles is 1. The van der Waals surface area contributed by atoms with Crippen molar-refractivity contribution < 1.29 is 4.42 Å². The summed E-state index contributed by atoms with van der Waals surface area (Å²) >= 11 is 0. The zero-order chi connectivity index (χ0) is 20.8. The summed E-state index contributed by atoms with van der Waals surface area (Å²) in [6.45, 7) is 2.03. The molecule has 144 valence electrons. The van der Waals surface area contributed by atoms with E-state index >= 15 is 0 Å². The molecule has 0 fully saturated rings. The number of benzene rings is 3. The highest BCUT2D eigenvalue weighted by molar-refractivity contribution is 5.95. The Labute approximate surface area is 173 Å². The van der Waals surface area contributed by atoms with Gasteiger partial charge in [-0.05, 0) is 47.9 Å². The maximum atomic E-state index is 13.5. The Balaban J connectivity index is 1.93. The predicted molar refractivity (Wildman–Crippen MR) is 119 cm³/mol. The summed E-state index contributed by atoms with van der Waals surface area (Å²) in [4.78, 5) is 13.5. The van der Waals surface area contributed by atoms with E-state index in [1.807, 2.05) is 55.5 Å². The molecule has 1 aromatic heterocycles. The molecule has 1 atom stereocenters. The Bertz CT molecular complexity index is 1440. The van der Waals surface area contributed by atoms with Crippen molar-refractivity contribution in [1.29, 1.82) is 5.26 Å². The van der Waals surface area contributed by atoms with Gasteiger partial charge in [-0.15, -0.1) is 0 Å². The Kier molecular flexibility index (Phi) is 4.04. The number of hydrogen-bond acceptors (Lipinski definition) is 4. The van der Waals surface area contributed by atoms with Crippen LogP contribution >= 0.6 is 0 Å². The number of fused-ring (bicyclic) bond motifs is 3. The summed E-state index contributed by atoms with van der Waals surface area (Å²) in [5, 5.41) is 10.3. The number of nitrogens with two attached hydrogens (primary N) is 1. The van der Waals surface area contributed by atoms with Crippen LogP contribution in [0.15, 0.2) is 75.9 Å². The van der Waals surface area contributed by atoms with E-state index in [1.165, 1.54) is 0 Å². The molecular formula is C26H18N2O2. The fourth-order valence-electron chi connectivity index (χ4n) is 4.14. The maximum absolute atomic E-state index is 13.5. The summed E-state index contributed by atoms with van der Waals surface area (Å²) in [7, 11) is 0. The predicted octanol–water partition coefficient (Wildman–Crippen LogP) is 5.24. The fraction of sp³-hybridized carbons (Fsp3) is 0.0769. The van der Waals surface area contributed by atoms with Crippen LogP contribution in [-0.2, 0) is 0 Å². The number of aryl methyl sites for hydroxylation is 1. The number of nitrogen functional groups attached to an aromatic ring is 1. The lowest BCUT2D eigenvalue weighted by Crippen LogP contribution is -2.13. The van der Waals surface area contributed by atoms with Gasteiger partial charge in [0.05, 0.1) is 28.5 Å². The Morgan fingerprint density at radius 3 is 2.57 bits per heavy atom. The Morgan fingerprint density at radius 1 is 1.03 bits per heavy atom. The van der Waals surface area contributed by atoms with Gasteiger partial charge < -0.3 is 10.2 Å². The summed E-state index contributed by atoms with van der Waals surface area (Å²) in [6.07, 6.45) is 1.65. The molecule has 0 saturated heterocycles. The van der Waals surface area contributed by atoms with Crippen molar-refractivity contribution in [3.05, 3.63) is 111 Å². The van der Waals surface area contributed by atoms with Crippen LogP contribution in [0.1, 0.15) is 39.5 Å². The van der Waals surface area contributed by atoms with Gasteiger partial charge in [-0.3, -0.25) is 4.79 Å². The molecule has 0 bridgehead atoms. The molecule has 1 unspecified atom stereocenters. The van der Waals surface area contributed by atoms with Gasteiger partial charge in [0, 0.05) is 5.69 Å². The van der Waals surface area contributed by atoms with Crippen molar-refractivity contribution in [3.8, 4) is 6.07 Å². The molecule has 4 heteroatoms. The summed E-state index contributed by atoms with van der Waals surface area (Å²) < 4.78 is 6.34. The summed E-state index contributed by atoms with van der Waals surface area (Å²) in [6, 6.07) is 23.3. The van der Waals surface area contributed by atoms with Gasteiger partial charge >= 0.3 is 0 Å². The monoisotopic (exact) mass is 390 g/mol. The van der Waals surface area contributed by atoms with Crippen molar-refractivity contribution in [2.45, 2.75) is 12.8 Å². The second-order valence-electron chi connectivity index (χ2n) is 7.57. The van der Waals surface area contributed by atoms with Crippen LogP contribution in [0, 0.1) is 18.3 Å². The van der Waals surface area contributed by atoms with Crippen LogP contribution in [0.2, 0.25) is 0 Å². The van der Waals surface area contributed by atoms with E-state index in [9.17, 15) is 10.1 Å². The van der Waals surface area contributed by atoms with E-state index in [0.29, 0.717) is 33.6 Å². The molecule has 0 amide bonds. The van der Waals surface area contributed by atoms with E-state index < -0.39 is 0 Å². The van der Waals surface area contributed by atoms with Gasteiger partial charge in [-0.2, -0.15) is 5.26 Å². The number of anilines is 1. The van der Waals surface area contributed by atoms with Crippen LogP contribution in [0.4, 0.5) is 5.69 Å². The SMILES string of the molecule is Cc1ccc(C2c3ccccc3C(C#N)=Cc3c2oc2ccc(N)cc2c3=O)cc1. The first-order valence-corrected chi connectivity index (χ1v) is 9.70. The lowest BCUT2D eigenvalue weighted by atomic mass is 9.85. The lowest BCUT2D eigenvalue weighted by Gasteiger charge is -2.20. The van der Waals surface area contributed by atoms with Crippen molar-refractivity contribution >= 4 is 28.3 Å². The molecule has 0 spiro atoms. The molecule has 4 aromatic rings. The van der Waals surface area contributed by atoms with E-state index in [-0.39, 0.29) is 11.3 Å². The van der Waals surface area contributed by atoms with Crippen LogP contribution in [-0.4, -0.2) is 0 Å². The number of nitrogens with zero attached hydrogens (tertiary/aromatic N) is 1. The van der Waals surface area contributed by atoms with Gasteiger partial charge in [0.25, 0.3) is 0 Å². The molecule has 1 heterocycles. The zero-order valence-electron chi connectivity index (χ0n) is 16.3.